The van der Waals surface area contributed by atoms with Crippen LogP contribution in [0.15, 0.2) is 77.7 Å². The first kappa shape index (κ1) is 25.2. The second-order valence-corrected chi connectivity index (χ2v) is 10.5. The van der Waals surface area contributed by atoms with Gasteiger partial charge in [-0.15, -0.1) is 0 Å². The number of imide groups is 1. The maximum atomic E-state index is 13.8. The van der Waals surface area contributed by atoms with Crippen LogP contribution in [0.4, 0.5) is 5.69 Å². The van der Waals surface area contributed by atoms with Gasteiger partial charge in [-0.05, 0) is 55.0 Å². The molecule has 0 spiro atoms. The molecule has 3 aromatic rings. The number of benzene rings is 3. The second kappa shape index (κ2) is 10.4. The van der Waals surface area contributed by atoms with Gasteiger partial charge in [0.1, 0.15) is 16.7 Å². The molecule has 182 valence electrons. The molecular weight excluding hydrogens is 511 g/mol. The average molecular weight is 533 g/mol. The Morgan fingerprint density at radius 3 is 2.34 bits per heavy atom. The summed E-state index contributed by atoms with van der Waals surface area (Å²) in [4.78, 5) is 27.2. The number of carbonyl (C=O) groups is 2. The summed E-state index contributed by atoms with van der Waals surface area (Å²) in [6.07, 6.45) is -0.309. The zero-order valence-electron chi connectivity index (χ0n) is 18.7. The van der Waals surface area contributed by atoms with Gasteiger partial charge < -0.3 is 4.74 Å². The monoisotopic (exact) mass is 532 g/mol. The molecule has 0 aliphatic carbocycles. The predicted octanol–water partition coefficient (Wildman–Crippen LogP) is 4.92. The quantitative estimate of drug-likeness (QED) is 0.384. The van der Waals surface area contributed by atoms with Gasteiger partial charge in [0.15, 0.2) is 0 Å². The van der Waals surface area contributed by atoms with Crippen LogP contribution in [0.5, 0.6) is 5.75 Å². The first-order valence-electron chi connectivity index (χ1n) is 10.8. The summed E-state index contributed by atoms with van der Waals surface area (Å²) in [5.41, 5.74) is 0.984. The first-order chi connectivity index (χ1) is 16.7. The Morgan fingerprint density at radius 2 is 1.69 bits per heavy atom. The van der Waals surface area contributed by atoms with Crippen LogP contribution in [-0.2, 0) is 26.2 Å². The van der Waals surface area contributed by atoms with Crippen LogP contribution in [0.1, 0.15) is 18.9 Å². The zero-order chi connectivity index (χ0) is 25.2. The van der Waals surface area contributed by atoms with Crippen molar-refractivity contribution >= 4 is 50.7 Å². The normalized spacial score (nSPS) is 16.2. The molecular formula is C25H22Cl2N2O5S. The standard InChI is InChI=1S/C25H22Cl2N2O5S/c1-2-34-20-11-9-19(10-12-20)29-24(30)15-22(25(29)31)28(16-17-6-4-3-5-7-17)35(32,33)23-14-18(26)8-13-21(23)27/h3-14,22H,2,15-16H2,1H3. The van der Waals surface area contributed by atoms with E-state index in [1.165, 1.54) is 18.2 Å². The number of ether oxygens (including phenoxy) is 1. The molecule has 0 radical (unpaired) electrons. The molecule has 10 heteroatoms. The largest absolute Gasteiger partial charge is 0.494 e. The van der Waals surface area contributed by atoms with Crippen molar-refractivity contribution in [1.82, 2.24) is 4.31 Å². The van der Waals surface area contributed by atoms with E-state index in [4.69, 9.17) is 27.9 Å². The van der Waals surface area contributed by atoms with Crippen LogP contribution in [-0.4, -0.2) is 37.2 Å². The first-order valence-corrected chi connectivity index (χ1v) is 13.0. The highest BCUT2D eigenvalue weighted by molar-refractivity contribution is 7.89. The van der Waals surface area contributed by atoms with Gasteiger partial charge in [0.2, 0.25) is 15.9 Å². The molecule has 35 heavy (non-hydrogen) atoms. The Kier molecular flexibility index (Phi) is 7.47. The fraction of sp³-hybridized carbons (Fsp3) is 0.200. The number of hydrogen-bond acceptors (Lipinski definition) is 5. The molecule has 3 aromatic carbocycles. The maximum absolute atomic E-state index is 13.8. The van der Waals surface area contributed by atoms with Crippen molar-refractivity contribution < 1.29 is 22.7 Å². The van der Waals surface area contributed by atoms with Crippen molar-refractivity contribution in [1.29, 1.82) is 0 Å². The second-order valence-electron chi connectivity index (χ2n) is 7.82. The third-order valence-electron chi connectivity index (χ3n) is 5.54. The number of sulfonamides is 1. The van der Waals surface area contributed by atoms with E-state index >= 15 is 0 Å². The molecule has 1 aliphatic rings. The summed E-state index contributed by atoms with van der Waals surface area (Å²) in [6.45, 7) is 2.19. The molecule has 2 amide bonds. The Bertz CT molecular complexity index is 1350. The lowest BCUT2D eigenvalue weighted by Gasteiger charge is -2.27. The Labute approximate surface area is 213 Å². The van der Waals surface area contributed by atoms with E-state index in [1.807, 2.05) is 6.92 Å². The fourth-order valence-corrected chi connectivity index (χ4v) is 6.21. The van der Waals surface area contributed by atoms with Crippen molar-refractivity contribution in [2.75, 3.05) is 11.5 Å². The number of nitrogens with zero attached hydrogens (tertiary/aromatic N) is 2. The fourth-order valence-electron chi connectivity index (χ4n) is 3.90. The Balaban J connectivity index is 1.74. The van der Waals surface area contributed by atoms with E-state index < -0.39 is 27.9 Å². The maximum Gasteiger partial charge on any atom is 0.252 e. The van der Waals surface area contributed by atoms with E-state index in [2.05, 4.69) is 0 Å². The van der Waals surface area contributed by atoms with Crippen LogP contribution < -0.4 is 9.64 Å². The highest BCUT2D eigenvalue weighted by atomic mass is 35.5. The number of anilines is 1. The van der Waals surface area contributed by atoms with Crippen LogP contribution in [0.25, 0.3) is 0 Å². The summed E-state index contributed by atoms with van der Waals surface area (Å²) >= 11 is 12.3. The number of rotatable bonds is 8. The minimum Gasteiger partial charge on any atom is -0.494 e. The highest BCUT2D eigenvalue weighted by Crippen LogP contribution is 2.34. The molecule has 0 saturated carbocycles. The zero-order valence-corrected chi connectivity index (χ0v) is 21.1. The molecule has 7 nitrogen and oxygen atoms in total. The van der Waals surface area contributed by atoms with Gasteiger partial charge >= 0.3 is 0 Å². The van der Waals surface area contributed by atoms with Gasteiger partial charge in [-0.2, -0.15) is 4.31 Å². The SMILES string of the molecule is CCOc1ccc(N2C(=O)CC(N(Cc3ccccc3)S(=O)(=O)c3cc(Cl)ccc3Cl)C2=O)cc1. The van der Waals surface area contributed by atoms with Crippen LogP contribution in [0, 0.1) is 0 Å². The molecule has 0 bridgehead atoms. The molecule has 0 aromatic heterocycles. The summed E-state index contributed by atoms with van der Waals surface area (Å²) in [7, 11) is -4.31. The van der Waals surface area contributed by atoms with E-state index in [-0.39, 0.29) is 27.9 Å². The summed E-state index contributed by atoms with van der Waals surface area (Å²) in [5.74, 6) is -0.554. The lowest BCUT2D eigenvalue weighted by atomic mass is 10.2. The van der Waals surface area contributed by atoms with E-state index in [1.54, 1.807) is 54.6 Å². The number of amides is 2. The molecule has 0 N–H and O–H groups in total. The van der Waals surface area contributed by atoms with Crippen molar-refractivity contribution in [2.24, 2.45) is 0 Å². The molecule has 1 heterocycles. The van der Waals surface area contributed by atoms with Gasteiger partial charge in [0, 0.05) is 11.6 Å². The predicted molar refractivity (Wildman–Crippen MR) is 134 cm³/mol. The summed E-state index contributed by atoms with van der Waals surface area (Å²) < 4.78 is 34.0. The Hall–Kier alpha value is -2.91. The lowest BCUT2D eigenvalue weighted by Crippen LogP contribution is -2.45. The smallest absolute Gasteiger partial charge is 0.252 e. The van der Waals surface area contributed by atoms with Crippen LogP contribution >= 0.6 is 23.2 Å². The van der Waals surface area contributed by atoms with Gasteiger partial charge in [0.05, 0.1) is 23.7 Å². The Morgan fingerprint density at radius 1 is 1.00 bits per heavy atom. The van der Waals surface area contributed by atoms with Crippen molar-refractivity contribution in [3.05, 3.63) is 88.4 Å². The van der Waals surface area contributed by atoms with Gasteiger partial charge in [-0.3, -0.25) is 9.59 Å². The average Bonchev–Trinajstić information content (AvgIpc) is 3.13. The van der Waals surface area contributed by atoms with E-state index in [0.29, 0.717) is 23.6 Å². The van der Waals surface area contributed by atoms with Crippen molar-refractivity contribution in [3.8, 4) is 5.75 Å². The molecule has 1 atom stereocenters. The topological polar surface area (TPSA) is 84.0 Å². The minimum absolute atomic E-state index is 0.0346. The van der Waals surface area contributed by atoms with Crippen LogP contribution in [0.3, 0.4) is 0 Å². The van der Waals surface area contributed by atoms with Gasteiger partial charge in [0.25, 0.3) is 5.91 Å². The molecule has 1 fully saturated rings. The summed E-state index contributed by atoms with van der Waals surface area (Å²) in [5, 5.41) is 0.144. The summed E-state index contributed by atoms with van der Waals surface area (Å²) in [6, 6.07) is 18.1. The molecule has 1 unspecified atom stereocenters. The number of carbonyl (C=O) groups excluding carboxylic acids is 2. The number of hydrogen-bond donors (Lipinski definition) is 0. The minimum atomic E-state index is -4.31. The third-order valence-corrected chi connectivity index (χ3v) is 8.11. The van der Waals surface area contributed by atoms with E-state index in [9.17, 15) is 18.0 Å². The molecule has 1 aliphatic heterocycles. The highest BCUT2D eigenvalue weighted by Gasteiger charge is 2.47. The van der Waals surface area contributed by atoms with Crippen LogP contribution in [0.2, 0.25) is 10.0 Å². The van der Waals surface area contributed by atoms with Crippen molar-refractivity contribution in [3.63, 3.8) is 0 Å². The molecule has 1 saturated heterocycles. The van der Waals surface area contributed by atoms with Gasteiger partial charge in [-0.25, -0.2) is 13.3 Å². The van der Waals surface area contributed by atoms with Gasteiger partial charge in [-0.1, -0.05) is 53.5 Å². The van der Waals surface area contributed by atoms with E-state index in [0.717, 1.165) is 9.21 Å². The molecule has 4 rings (SSSR count). The van der Waals surface area contributed by atoms with Crippen molar-refractivity contribution in [2.45, 2.75) is 30.8 Å². The number of halogens is 2. The lowest BCUT2D eigenvalue weighted by molar-refractivity contribution is -0.122. The third kappa shape index (κ3) is 5.21.